The Kier molecular flexibility index (Phi) is 3.85. The summed E-state index contributed by atoms with van der Waals surface area (Å²) in [6, 6.07) is 0.545. The molecular formula is C13H22N2OS. The molecule has 4 heteroatoms. The first-order chi connectivity index (χ1) is 8.04. The van der Waals surface area contributed by atoms with E-state index in [1.165, 1.54) is 9.88 Å². The largest absolute Gasteiger partial charge is 0.378 e. The van der Waals surface area contributed by atoms with E-state index < -0.39 is 0 Å². The highest BCUT2D eigenvalue weighted by Gasteiger charge is 2.48. The second-order valence-corrected chi connectivity index (χ2v) is 6.62. The van der Waals surface area contributed by atoms with Crippen LogP contribution in [0.1, 0.15) is 37.1 Å². The molecule has 0 spiro atoms. The van der Waals surface area contributed by atoms with Gasteiger partial charge >= 0.3 is 0 Å². The molecule has 1 heterocycles. The maximum Gasteiger partial charge on any atom is 0.107 e. The predicted octanol–water partition coefficient (Wildman–Crippen LogP) is 2.74. The first-order valence-electron chi connectivity index (χ1n) is 6.30. The minimum atomic E-state index is 0.238. The maximum atomic E-state index is 5.73. The first-order valence-corrected chi connectivity index (χ1v) is 7.12. The lowest BCUT2D eigenvalue weighted by atomic mass is 9.64. The summed E-state index contributed by atoms with van der Waals surface area (Å²) < 4.78 is 5.73. The summed E-state index contributed by atoms with van der Waals surface area (Å²) >= 11 is 1.77. The lowest BCUT2D eigenvalue weighted by molar-refractivity contribution is -0.114. The first kappa shape index (κ1) is 13.0. The van der Waals surface area contributed by atoms with Gasteiger partial charge in [0.2, 0.25) is 0 Å². The van der Waals surface area contributed by atoms with Gasteiger partial charge in [0.15, 0.2) is 0 Å². The zero-order valence-electron chi connectivity index (χ0n) is 11.1. The highest BCUT2D eigenvalue weighted by Crippen LogP contribution is 2.42. The summed E-state index contributed by atoms with van der Waals surface area (Å²) in [7, 11) is 0. The third-order valence-electron chi connectivity index (χ3n) is 3.71. The summed E-state index contributed by atoms with van der Waals surface area (Å²) in [5, 5.41) is 4.77. The van der Waals surface area contributed by atoms with Gasteiger partial charge in [-0.2, -0.15) is 0 Å². The van der Waals surface area contributed by atoms with Crippen molar-refractivity contribution in [1.82, 2.24) is 10.3 Å². The van der Waals surface area contributed by atoms with Crippen molar-refractivity contribution in [2.75, 3.05) is 6.61 Å². The molecule has 0 saturated heterocycles. The Hall–Kier alpha value is -0.450. The van der Waals surface area contributed by atoms with E-state index in [-0.39, 0.29) is 5.41 Å². The van der Waals surface area contributed by atoms with Crippen LogP contribution in [0.2, 0.25) is 0 Å². The molecule has 0 aromatic carbocycles. The molecule has 0 unspecified atom stereocenters. The van der Waals surface area contributed by atoms with Crippen LogP contribution in [-0.4, -0.2) is 23.7 Å². The van der Waals surface area contributed by atoms with Crippen molar-refractivity contribution in [2.24, 2.45) is 5.41 Å². The average Bonchev–Trinajstić information content (AvgIpc) is 2.68. The fourth-order valence-corrected chi connectivity index (χ4v) is 3.15. The van der Waals surface area contributed by atoms with Crippen LogP contribution < -0.4 is 5.32 Å². The molecule has 1 aromatic heterocycles. The zero-order valence-corrected chi connectivity index (χ0v) is 11.9. The Labute approximate surface area is 108 Å². The molecule has 17 heavy (non-hydrogen) atoms. The quantitative estimate of drug-likeness (QED) is 0.877. The van der Waals surface area contributed by atoms with E-state index in [0.717, 1.165) is 19.6 Å². The van der Waals surface area contributed by atoms with Crippen LogP contribution in [0.15, 0.2) is 6.20 Å². The van der Waals surface area contributed by atoms with E-state index >= 15 is 0 Å². The van der Waals surface area contributed by atoms with E-state index in [9.17, 15) is 0 Å². The lowest BCUT2D eigenvalue weighted by Gasteiger charge is -2.51. The summed E-state index contributed by atoms with van der Waals surface area (Å²) in [6.07, 6.45) is 3.46. The summed E-state index contributed by atoms with van der Waals surface area (Å²) in [4.78, 5) is 5.65. The minimum Gasteiger partial charge on any atom is -0.378 e. The number of nitrogens with zero attached hydrogens (tertiary/aromatic N) is 1. The van der Waals surface area contributed by atoms with Crippen molar-refractivity contribution in [3.8, 4) is 0 Å². The molecule has 1 aliphatic rings. The number of aromatic nitrogens is 1. The number of thiazole rings is 1. The number of ether oxygens (including phenoxy) is 1. The molecule has 0 radical (unpaired) electrons. The second kappa shape index (κ2) is 5.04. The molecule has 1 aliphatic carbocycles. The van der Waals surface area contributed by atoms with Crippen LogP contribution in [0.4, 0.5) is 0 Å². The van der Waals surface area contributed by atoms with E-state index in [4.69, 9.17) is 4.74 Å². The van der Waals surface area contributed by atoms with Gasteiger partial charge in [-0.1, -0.05) is 13.8 Å². The normalized spacial score (nSPS) is 26.8. The standard InChI is InChI=1S/C13H22N2OS/c1-5-16-11-6-10(13(11,3)4)14-8-12-15-7-9(2)17-12/h7,10-11,14H,5-6,8H2,1-4H3/t10-,11-/m0/s1. The third kappa shape index (κ3) is 2.69. The Morgan fingerprint density at radius 1 is 1.59 bits per heavy atom. The van der Waals surface area contributed by atoms with Crippen molar-refractivity contribution in [2.45, 2.75) is 52.8 Å². The van der Waals surface area contributed by atoms with Gasteiger partial charge in [-0.15, -0.1) is 11.3 Å². The number of rotatable bonds is 5. The van der Waals surface area contributed by atoms with Gasteiger partial charge < -0.3 is 10.1 Å². The Morgan fingerprint density at radius 2 is 2.35 bits per heavy atom. The molecule has 0 amide bonds. The number of hydrogen-bond donors (Lipinski definition) is 1. The highest BCUT2D eigenvalue weighted by molar-refractivity contribution is 7.11. The molecule has 96 valence electrons. The Balaban J connectivity index is 1.82. The summed E-state index contributed by atoms with van der Waals surface area (Å²) in [5.41, 5.74) is 0.238. The molecule has 3 nitrogen and oxygen atoms in total. The van der Waals surface area contributed by atoms with Gasteiger partial charge in [0, 0.05) is 35.7 Å². The van der Waals surface area contributed by atoms with Gasteiger partial charge in [-0.05, 0) is 20.3 Å². The van der Waals surface area contributed by atoms with Crippen molar-refractivity contribution in [1.29, 1.82) is 0 Å². The van der Waals surface area contributed by atoms with Crippen molar-refractivity contribution < 1.29 is 4.74 Å². The lowest BCUT2D eigenvalue weighted by Crippen LogP contribution is -2.60. The van der Waals surface area contributed by atoms with Crippen LogP contribution in [0, 0.1) is 12.3 Å². The molecule has 1 aromatic rings. The van der Waals surface area contributed by atoms with Crippen molar-refractivity contribution in [3.63, 3.8) is 0 Å². The summed E-state index contributed by atoms with van der Waals surface area (Å²) in [5.74, 6) is 0. The van der Waals surface area contributed by atoms with Crippen LogP contribution in [0.25, 0.3) is 0 Å². The van der Waals surface area contributed by atoms with Crippen LogP contribution in [0.5, 0.6) is 0 Å². The molecule has 1 fully saturated rings. The van der Waals surface area contributed by atoms with E-state index in [0.29, 0.717) is 12.1 Å². The van der Waals surface area contributed by atoms with Crippen molar-refractivity contribution >= 4 is 11.3 Å². The van der Waals surface area contributed by atoms with Gasteiger partial charge in [0.25, 0.3) is 0 Å². The molecule has 2 rings (SSSR count). The van der Waals surface area contributed by atoms with E-state index in [1.807, 2.05) is 6.20 Å². The molecule has 0 aliphatic heterocycles. The molecule has 1 saturated carbocycles. The smallest absolute Gasteiger partial charge is 0.107 e. The maximum absolute atomic E-state index is 5.73. The van der Waals surface area contributed by atoms with Crippen LogP contribution in [-0.2, 0) is 11.3 Å². The molecule has 0 bridgehead atoms. The van der Waals surface area contributed by atoms with Gasteiger partial charge in [-0.25, -0.2) is 4.98 Å². The SMILES string of the molecule is CCO[C@H]1C[C@H](NCc2ncc(C)s2)C1(C)C. The Bertz CT molecular complexity index is 375. The number of nitrogens with one attached hydrogen (secondary N) is 1. The zero-order chi connectivity index (χ0) is 12.5. The van der Waals surface area contributed by atoms with Crippen LogP contribution in [0.3, 0.4) is 0 Å². The second-order valence-electron chi connectivity index (χ2n) is 5.30. The number of hydrogen-bond acceptors (Lipinski definition) is 4. The Morgan fingerprint density at radius 3 is 2.88 bits per heavy atom. The topological polar surface area (TPSA) is 34.1 Å². The highest BCUT2D eigenvalue weighted by atomic mass is 32.1. The fourth-order valence-electron chi connectivity index (χ4n) is 2.41. The molecular weight excluding hydrogens is 232 g/mol. The molecule has 2 atom stereocenters. The minimum absolute atomic E-state index is 0.238. The van der Waals surface area contributed by atoms with Gasteiger partial charge in [0.1, 0.15) is 5.01 Å². The van der Waals surface area contributed by atoms with Gasteiger partial charge in [0.05, 0.1) is 6.10 Å². The average molecular weight is 254 g/mol. The fraction of sp³-hybridized carbons (Fsp3) is 0.769. The predicted molar refractivity (Wildman–Crippen MR) is 71.3 cm³/mol. The van der Waals surface area contributed by atoms with E-state index in [1.54, 1.807) is 11.3 Å². The summed E-state index contributed by atoms with van der Waals surface area (Å²) in [6.45, 7) is 10.4. The molecule has 1 N–H and O–H groups in total. The number of aryl methyl sites for hydroxylation is 1. The van der Waals surface area contributed by atoms with Gasteiger partial charge in [-0.3, -0.25) is 0 Å². The van der Waals surface area contributed by atoms with Crippen molar-refractivity contribution in [3.05, 3.63) is 16.1 Å². The monoisotopic (exact) mass is 254 g/mol. The third-order valence-corrected chi connectivity index (χ3v) is 4.63. The van der Waals surface area contributed by atoms with E-state index in [2.05, 4.69) is 38.0 Å². The van der Waals surface area contributed by atoms with Crippen LogP contribution >= 0.6 is 11.3 Å².